The number of rotatable bonds is 9. The maximum atomic E-state index is 13.8. The van der Waals surface area contributed by atoms with Crippen LogP contribution in [0.1, 0.15) is 51.8 Å². The van der Waals surface area contributed by atoms with Crippen molar-refractivity contribution in [2.24, 2.45) is 4.99 Å². The summed E-state index contributed by atoms with van der Waals surface area (Å²) in [7, 11) is 1.58. The number of methoxy groups -OCH3 is 1. The molecule has 4 rings (SSSR count). The normalized spacial score (nSPS) is 15.2. The van der Waals surface area contributed by atoms with E-state index in [4.69, 9.17) is 18.9 Å². The van der Waals surface area contributed by atoms with Crippen molar-refractivity contribution in [2.45, 2.75) is 46.8 Å². The molecule has 2 aromatic carbocycles. The highest BCUT2D eigenvalue weighted by atomic mass is 32.1. The number of benzene rings is 2. The third kappa shape index (κ3) is 5.52. The molecule has 0 saturated heterocycles. The van der Waals surface area contributed by atoms with E-state index in [1.807, 2.05) is 56.3 Å². The number of hydrogen-bond acceptors (Lipinski definition) is 8. The lowest BCUT2D eigenvalue weighted by Crippen LogP contribution is -2.40. The van der Waals surface area contributed by atoms with Crippen LogP contribution in [0.25, 0.3) is 6.08 Å². The van der Waals surface area contributed by atoms with E-state index in [1.54, 1.807) is 38.5 Å². The average Bonchev–Trinajstić information content (AvgIpc) is 3.18. The van der Waals surface area contributed by atoms with Gasteiger partial charge in [0.05, 0.1) is 48.3 Å². The molecule has 0 unspecified atom stereocenters. The summed E-state index contributed by atoms with van der Waals surface area (Å²) < 4.78 is 24.3. The van der Waals surface area contributed by atoms with Crippen LogP contribution in [0.4, 0.5) is 0 Å². The molecule has 9 heteroatoms. The molecule has 0 N–H and O–H groups in total. The molecular formula is C29H32N2O6S. The number of fused-ring (bicyclic) bond motifs is 1. The number of ether oxygens (including phenoxy) is 4. The molecule has 0 amide bonds. The molecule has 1 aliphatic rings. The van der Waals surface area contributed by atoms with Crippen molar-refractivity contribution in [3.63, 3.8) is 0 Å². The Balaban J connectivity index is 1.88. The van der Waals surface area contributed by atoms with Gasteiger partial charge in [0.2, 0.25) is 0 Å². The second-order valence-corrected chi connectivity index (χ2v) is 9.89. The first-order chi connectivity index (χ1) is 18.3. The van der Waals surface area contributed by atoms with E-state index in [-0.39, 0.29) is 11.7 Å². The first kappa shape index (κ1) is 27.2. The molecule has 0 aliphatic carbocycles. The second kappa shape index (κ2) is 11.7. The van der Waals surface area contributed by atoms with Gasteiger partial charge in [0, 0.05) is 0 Å². The number of hydrogen-bond donors (Lipinski definition) is 0. The van der Waals surface area contributed by atoms with Gasteiger partial charge in [-0.3, -0.25) is 9.36 Å². The van der Waals surface area contributed by atoms with Crippen LogP contribution in [0.3, 0.4) is 0 Å². The first-order valence-corrected chi connectivity index (χ1v) is 13.4. The van der Waals surface area contributed by atoms with E-state index in [2.05, 4.69) is 4.99 Å². The predicted octanol–water partition coefficient (Wildman–Crippen LogP) is 3.99. The van der Waals surface area contributed by atoms with Crippen molar-refractivity contribution < 1.29 is 23.7 Å². The summed E-state index contributed by atoms with van der Waals surface area (Å²) in [5.74, 6) is 1.43. The Bertz CT molecular complexity index is 1530. The Morgan fingerprint density at radius 2 is 1.79 bits per heavy atom. The van der Waals surface area contributed by atoms with Crippen LogP contribution in [0.15, 0.2) is 63.5 Å². The fourth-order valence-electron chi connectivity index (χ4n) is 4.29. The zero-order valence-corrected chi connectivity index (χ0v) is 23.3. The Morgan fingerprint density at radius 3 is 2.42 bits per heavy atom. The summed E-state index contributed by atoms with van der Waals surface area (Å²) in [6, 6.07) is 12.2. The lowest BCUT2D eigenvalue weighted by atomic mass is 9.96. The maximum Gasteiger partial charge on any atom is 0.338 e. The largest absolute Gasteiger partial charge is 0.494 e. The number of carbonyl (C=O) groups excluding carboxylic acids is 1. The summed E-state index contributed by atoms with van der Waals surface area (Å²) >= 11 is 1.27. The van der Waals surface area contributed by atoms with Crippen molar-refractivity contribution in [1.29, 1.82) is 0 Å². The van der Waals surface area contributed by atoms with Crippen molar-refractivity contribution in [2.75, 3.05) is 20.3 Å². The van der Waals surface area contributed by atoms with Crippen molar-refractivity contribution in [1.82, 2.24) is 4.57 Å². The molecular weight excluding hydrogens is 504 g/mol. The maximum absolute atomic E-state index is 13.8. The van der Waals surface area contributed by atoms with E-state index in [0.29, 0.717) is 51.1 Å². The highest BCUT2D eigenvalue weighted by molar-refractivity contribution is 7.07. The summed E-state index contributed by atoms with van der Waals surface area (Å²) in [6.07, 6.45) is 1.48. The molecule has 1 aromatic heterocycles. The van der Waals surface area contributed by atoms with Gasteiger partial charge < -0.3 is 18.9 Å². The van der Waals surface area contributed by atoms with Gasteiger partial charge in [-0.15, -0.1) is 0 Å². The quantitative estimate of drug-likeness (QED) is 0.384. The van der Waals surface area contributed by atoms with Gasteiger partial charge in [-0.05, 0) is 76.1 Å². The highest BCUT2D eigenvalue weighted by Crippen LogP contribution is 2.32. The summed E-state index contributed by atoms with van der Waals surface area (Å²) in [6.45, 7) is 10.2. The number of thiazole rings is 1. The first-order valence-electron chi connectivity index (χ1n) is 12.5. The predicted molar refractivity (Wildman–Crippen MR) is 147 cm³/mol. The lowest BCUT2D eigenvalue weighted by Gasteiger charge is -2.25. The lowest BCUT2D eigenvalue weighted by molar-refractivity contribution is -0.143. The molecule has 0 bridgehead atoms. The molecule has 0 spiro atoms. The number of nitrogens with zero attached hydrogens (tertiary/aromatic N) is 2. The summed E-state index contributed by atoms with van der Waals surface area (Å²) in [4.78, 5) is 32.2. The van der Waals surface area contributed by atoms with Gasteiger partial charge in [0.15, 0.2) is 16.3 Å². The Labute approximate surface area is 225 Å². The van der Waals surface area contributed by atoms with Gasteiger partial charge in [-0.1, -0.05) is 29.5 Å². The van der Waals surface area contributed by atoms with Gasteiger partial charge in [-0.2, -0.15) is 0 Å². The molecule has 0 saturated carbocycles. The van der Waals surface area contributed by atoms with E-state index in [0.717, 1.165) is 11.1 Å². The van der Waals surface area contributed by atoms with Crippen molar-refractivity contribution in [3.05, 3.63) is 84.5 Å². The number of esters is 1. The smallest absolute Gasteiger partial charge is 0.338 e. The fourth-order valence-corrected chi connectivity index (χ4v) is 5.34. The zero-order chi connectivity index (χ0) is 27.4. The van der Waals surface area contributed by atoms with Crippen LogP contribution in [-0.2, 0) is 9.53 Å². The summed E-state index contributed by atoms with van der Waals surface area (Å²) in [5, 5.41) is 0. The Kier molecular flexibility index (Phi) is 8.36. The number of allylic oxidation sites excluding steroid dienone is 1. The Hall–Kier alpha value is -3.85. The molecule has 2 heterocycles. The molecule has 0 radical (unpaired) electrons. The molecule has 3 aromatic rings. The molecule has 1 aliphatic heterocycles. The van der Waals surface area contributed by atoms with Crippen LogP contribution in [0.2, 0.25) is 0 Å². The third-order valence-electron chi connectivity index (χ3n) is 5.88. The minimum Gasteiger partial charge on any atom is -0.494 e. The minimum absolute atomic E-state index is 0.247. The number of carbonyl (C=O) groups is 1. The monoisotopic (exact) mass is 536 g/mol. The van der Waals surface area contributed by atoms with Crippen LogP contribution in [0.5, 0.6) is 17.2 Å². The van der Waals surface area contributed by atoms with Crippen LogP contribution < -0.4 is 29.1 Å². The number of aromatic nitrogens is 1. The van der Waals surface area contributed by atoms with Gasteiger partial charge in [0.25, 0.3) is 5.56 Å². The topological polar surface area (TPSA) is 88.4 Å². The molecule has 1 atom stereocenters. The molecule has 0 fully saturated rings. The van der Waals surface area contributed by atoms with Crippen LogP contribution in [0, 0.1) is 0 Å². The van der Waals surface area contributed by atoms with E-state index >= 15 is 0 Å². The second-order valence-electron chi connectivity index (χ2n) is 8.88. The summed E-state index contributed by atoms with van der Waals surface area (Å²) in [5.41, 5.74) is 2.15. The SMILES string of the molecule is CCOc1ccc([C@H]2C(C(=O)OC(C)C)=C(C)N=c3s/c(=C/c4ccc(OCC)c(OC)c4)c(=O)n32)cc1. The van der Waals surface area contributed by atoms with Crippen LogP contribution >= 0.6 is 11.3 Å². The molecule has 38 heavy (non-hydrogen) atoms. The van der Waals surface area contributed by atoms with Gasteiger partial charge in [-0.25, -0.2) is 9.79 Å². The van der Waals surface area contributed by atoms with E-state index < -0.39 is 12.0 Å². The van der Waals surface area contributed by atoms with E-state index in [1.165, 1.54) is 11.3 Å². The van der Waals surface area contributed by atoms with Gasteiger partial charge >= 0.3 is 5.97 Å². The standard InChI is InChI=1S/C29H32N2O6S/c1-7-35-21-12-10-20(11-13-21)26-25(28(33)37-17(3)4)18(5)30-29-31(26)27(32)24(38-29)16-19-9-14-22(36-8-2)23(15-19)34-6/h9-17,26H,7-8H2,1-6H3/b24-16+/t26-/m0/s1. The van der Waals surface area contributed by atoms with E-state index in [9.17, 15) is 9.59 Å². The van der Waals surface area contributed by atoms with Gasteiger partial charge in [0.1, 0.15) is 5.75 Å². The third-order valence-corrected chi connectivity index (χ3v) is 6.86. The van der Waals surface area contributed by atoms with Crippen molar-refractivity contribution >= 4 is 23.4 Å². The highest BCUT2D eigenvalue weighted by Gasteiger charge is 2.33. The average molecular weight is 537 g/mol. The van der Waals surface area contributed by atoms with Crippen molar-refractivity contribution in [3.8, 4) is 17.2 Å². The minimum atomic E-state index is -0.690. The molecule has 8 nitrogen and oxygen atoms in total. The zero-order valence-electron chi connectivity index (χ0n) is 22.4. The fraction of sp³-hybridized carbons (Fsp3) is 0.345. The van der Waals surface area contributed by atoms with Crippen LogP contribution in [-0.4, -0.2) is 37.0 Å². The Morgan fingerprint density at radius 1 is 1.08 bits per heavy atom. The molecule has 200 valence electrons.